The Labute approximate surface area is 120 Å². The molecule has 1 unspecified atom stereocenters. The highest BCUT2D eigenvalue weighted by Gasteiger charge is 2.08. The molecular weight excluding hydrogens is 327 g/mol. The van der Waals surface area contributed by atoms with Gasteiger partial charge in [-0.25, -0.2) is 4.39 Å². The normalized spacial score (nSPS) is 12.5. The van der Waals surface area contributed by atoms with E-state index in [1.165, 1.54) is 12.1 Å². The van der Waals surface area contributed by atoms with Gasteiger partial charge in [0.05, 0.1) is 16.1 Å². The molecule has 0 aromatic heterocycles. The van der Waals surface area contributed by atoms with Gasteiger partial charge in [-0.15, -0.1) is 0 Å². The summed E-state index contributed by atoms with van der Waals surface area (Å²) in [5, 5.41) is 0.0904. The predicted octanol–water partition coefficient (Wildman–Crippen LogP) is 4.97. The molecule has 0 N–H and O–H groups in total. The van der Waals surface area contributed by atoms with Crippen molar-refractivity contribution in [3.05, 3.63) is 27.4 Å². The lowest BCUT2D eigenvalue weighted by Gasteiger charge is -2.12. The van der Waals surface area contributed by atoms with E-state index in [2.05, 4.69) is 35.5 Å². The van der Waals surface area contributed by atoms with Crippen LogP contribution in [0, 0.1) is 11.7 Å². The van der Waals surface area contributed by atoms with Crippen molar-refractivity contribution < 1.29 is 9.13 Å². The minimum Gasteiger partial charge on any atom is -0.492 e. The van der Waals surface area contributed by atoms with Gasteiger partial charge >= 0.3 is 0 Å². The summed E-state index contributed by atoms with van der Waals surface area (Å²) in [5.74, 6) is 1.46. The molecule has 1 nitrogen and oxygen atoms in total. The largest absolute Gasteiger partial charge is 0.492 e. The van der Waals surface area contributed by atoms with Crippen LogP contribution in [0.25, 0.3) is 0 Å². The Balaban J connectivity index is 2.49. The quantitative estimate of drug-likeness (QED) is 0.568. The molecule has 0 spiro atoms. The highest BCUT2D eigenvalue weighted by molar-refractivity contribution is 9.10. The fourth-order valence-electron chi connectivity index (χ4n) is 1.35. The standard InChI is InChI=1S/C12H15BrClFOS/c1-8(3-5-17)2-4-16-12-7-11(15)10(14)6-9(12)13/h6-8,17H,2-5H2,1H3. The molecule has 5 heteroatoms. The van der Waals surface area contributed by atoms with Crippen LogP contribution in [-0.4, -0.2) is 12.4 Å². The van der Waals surface area contributed by atoms with Crippen LogP contribution in [0.1, 0.15) is 19.8 Å². The van der Waals surface area contributed by atoms with E-state index in [9.17, 15) is 4.39 Å². The van der Waals surface area contributed by atoms with Crippen molar-refractivity contribution in [3.63, 3.8) is 0 Å². The number of benzene rings is 1. The second-order valence-corrected chi connectivity index (χ2v) is 5.66. The summed E-state index contributed by atoms with van der Waals surface area (Å²) in [6.45, 7) is 2.71. The van der Waals surface area contributed by atoms with E-state index < -0.39 is 5.82 Å². The van der Waals surface area contributed by atoms with Gasteiger partial charge in [-0.2, -0.15) is 12.6 Å². The van der Waals surface area contributed by atoms with Crippen LogP contribution in [0.2, 0.25) is 5.02 Å². The van der Waals surface area contributed by atoms with Crippen molar-refractivity contribution >= 4 is 40.2 Å². The van der Waals surface area contributed by atoms with Crippen LogP contribution in [0.3, 0.4) is 0 Å². The van der Waals surface area contributed by atoms with Crippen molar-refractivity contribution in [2.45, 2.75) is 19.8 Å². The van der Waals surface area contributed by atoms with Gasteiger partial charge in [-0.3, -0.25) is 0 Å². The highest BCUT2D eigenvalue weighted by Crippen LogP contribution is 2.30. The van der Waals surface area contributed by atoms with Crippen molar-refractivity contribution in [2.24, 2.45) is 5.92 Å². The smallest absolute Gasteiger partial charge is 0.145 e. The van der Waals surface area contributed by atoms with Gasteiger partial charge in [0.1, 0.15) is 11.6 Å². The number of thiol groups is 1. The van der Waals surface area contributed by atoms with Crippen LogP contribution < -0.4 is 4.74 Å². The molecule has 0 radical (unpaired) electrons. The zero-order valence-corrected chi connectivity index (χ0v) is 12.8. The average molecular weight is 342 g/mol. The zero-order valence-electron chi connectivity index (χ0n) is 9.55. The van der Waals surface area contributed by atoms with E-state index in [0.29, 0.717) is 22.7 Å². The van der Waals surface area contributed by atoms with Gasteiger partial charge < -0.3 is 4.74 Å². The summed E-state index contributed by atoms with van der Waals surface area (Å²) in [6.07, 6.45) is 1.99. The number of rotatable bonds is 6. The van der Waals surface area contributed by atoms with E-state index in [1.54, 1.807) is 0 Å². The van der Waals surface area contributed by atoms with Crippen molar-refractivity contribution in [3.8, 4) is 5.75 Å². The molecule has 0 heterocycles. The molecule has 1 rings (SSSR count). The third-order valence-electron chi connectivity index (χ3n) is 2.46. The topological polar surface area (TPSA) is 9.23 Å². The predicted molar refractivity (Wildman–Crippen MR) is 76.9 cm³/mol. The summed E-state index contributed by atoms with van der Waals surface area (Å²) >= 11 is 13.1. The third kappa shape index (κ3) is 5.06. The summed E-state index contributed by atoms with van der Waals surface area (Å²) in [7, 11) is 0. The Bertz CT molecular complexity index is 376. The molecule has 0 aliphatic heterocycles. The zero-order chi connectivity index (χ0) is 12.8. The fourth-order valence-corrected chi connectivity index (χ4v) is 2.54. The highest BCUT2D eigenvalue weighted by atomic mass is 79.9. The third-order valence-corrected chi connectivity index (χ3v) is 3.63. The maximum atomic E-state index is 13.2. The maximum absolute atomic E-state index is 13.2. The first kappa shape index (κ1) is 15.1. The molecule has 1 aromatic carbocycles. The minimum atomic E-state index is -0.465. The summed E-state index contributed by atoms with van der Waals surface area (Å²) in [6, 6.07) is 2.80. The van der Waals surface area contributed by atoms with Crippen molar-refractivity contribution in [1.29, 1.82) is 0 Å². The van der Waals surface area contributed by atoms with Gasteiger partial charge in [0.2, 0.25) is 0 Å². The van der Waals surface area contributed by atoms with Crippen LogP contribution in [0.4, 0.5) is 4.39 Å². The molecule has 0 saturated carbocycles. The molecule has 1 atom stereocenters. The molecule has 0 amide bonds. The SMILES string of the molecule is CC(CCS)CCOc1cc(F)c(Cl)cc1Br. The Morgan fingerprint density at radius 2 is 2.18 bits per heavy atom. The Hall–Kier alpha value is 0.0700. The molecule has 96 valence electrons. The lowest BCUT2D eigenvalue weighted by atomic mass is 10.1. The van der Waals surface area contributed by atoms with E-state index in [1.807, 2.05) is 0 Å². The second-order valence-electron chi connectivity index (χ2n) is 3.95. The molecule has 1 aromatic rings. The molecule has 0 aliphatic carbocycles. The molecular formula is C12H15BrClFOS. The van der Waals surface area contributed by atoms with Crippen LogP contribution in [0.5, 0.6) is 5.75 Å². The van der Waals surface area contributed by atoms with Crippen molar-refractivity contribution in [1.82, 2.24) is 0 Å². The second kappa shape index (κ2) is 7.49. The number of hydrogen-bond acceptors (Lipinski definition) is 2. The van der Waals surface area contributed by atoms with E-state index in [0.717, 1.165) is 18.6 Å². The molecule has 0 aliphatic rings. The van der Waals surface area contributed by atoms with Crippen LogP contribution >= 0.6 is 40.2 Å². The number of halogens is 3. The van der Waals surface area contributed by atoms with Gasteiger partial charge in [0.25, 0.3) is 0 Å². The lowest BCUT2D eigenvalue weighted by molar-refractivity contribution is 0.279. The van der Waals surface area contributed by atoms with Gasteiger partial charge in [0.15, 0.2) is 0 Å². The lowest BCUT2D eigenvalue weighted by Crippen LogP contribution is -2.05. The Morgan fingerprint density at radius 3 is 2.82 bits per heavy atom. The number of ether oxygens (including phenoxy) is 1. The van der Waals surface area contributed by atoms with Gasteiger partial charge in [-0.05, 0) is 46.5 Å². The molecule has 0 fully saturated rings. The van der Waals surface area contributed by atoms with Gasteiger partial charge in [-0.1, -0.05) is 18.5 Å². The summed E-state index contributed by atoms with van der Waals surface area (Å²) < 4.78 is 19.4. The van der Waals surface area contributed by atoms with Crippen LogP contribution in [-0.2, 0) is 0 Å². The van der Waals surface area contributed by atoms with Crippen molar-refractivity contribution in [2.75, 3.05) is 12.4 Å². The monoisotopic (exact) mass is 340 g/mol. The molecule has 0 saturated heterocycles. The summed E-state index contributed by atoms with van der Waals surface area (Å²) in [4.78, 5) is 0. The number of hydrogen-bond donors (Lipinski definition) is 1. The van der Waals surface area contributed by atoms with E-state index >= 15 is 0 Å². The first-order valence-corrected chi connectivity index (χ1v) is 7.23. The molecule has 0 bridgehead atoms. The Morgan fingerprint density at radius 1 is 1.47 bits per heavy atom. The molecule has 17 heavy (non-hydrogen) atoms. The fraction of sp³-hybridized carbons (Fsp3) is 0.500. The van der Waals surface area contributed by atoms with E-state index in [4.69, 9.17) is 16.3 Å². The van der Waals surface area contributed by atoms with Crippen LogP contribution in [0.15, 0.2) is 16.6 Å². The maximum Gasteiger partial charge on any atom is 0.145 e. The minimum absolute atomic E-state index is 0.0904. The average Bonchev–Trinajstić information content (AvgIpc) is 2.26. The summed E-state index contributed by atoms with van der Waals surface area (Å²) in [5.41, 5.74) is 0. The Kier molecular flexibility index (Phi) is 6.67. The van der Waals surface area contributed by atoms with E-state index in [-0.39, 0.29) is 5.02 Å². The first-order chi connectivity index (χ1) is 8.04. The first-order valence-electron chi connectivity index (χ1n) is 5.42. The van der Waals surface area contributed by atoms with Gasteiger partial charge in [0, 0.05) is 6.07 Å².